The van der Waals surface area contributed by atoms with Gasteiger partial charge in [-0.25, -0.2) is 0 Å². The third-order valence-electron chi connectivity index (χ3n) is 3.03. The summed E-state index contributed by atoms with van der Waals surface area (Å²) in [5.74, 6) is 0.901. The minimum Gasteiger partial charge on any atom is -0.488 e. The van der Waals surface area contributed by atoms with E-state index in [0.717, 1.165) is 38.3 Å². The van der Waals surface area contributed by atoms with Gasteiger partial charge in [0.05, 0.1) is 19.4 Å². The summed E-state index contributed by atoms with van der Waals surface area (Å²) in [6.07, 6.45) is 5.82. The summed E-state index contributed by atoms with van der Waals surface area (Å²) in [7, 11) is 0. The van der Waals surface area contributed by atoms with E-state index in [1.165, 1.54) is 5.56 Å². The maximum Gasteiger partial charge on any atom is 0.142 e. The molecule has 0 spiro atoms. The van der Waals surface area contributed by atoms with E-state index in [0.29, 0.717) is 6.04 Å². The largest absolute Gasteiger partial charge is 0.488 e. The Morgan fingerprint density at radius 3 is 2.94 bits per heavy atom. The SMILES string of the molecule is CC(C)NCc1ccncc1OC1CCOCC1. The quantitative estimate of drug-likeness (QED) is 0.869. The van der Waals surface area contributed by atoms with Gasteiger partial charge in [-0.05, 0) is 6.07 Å². The molecule has 2 rings (SSSR count). The standard InChI is InChI=1S/C14H22N2O2/c1-11(2)16-9-12-3-6-15-10-14(12)18-13-4-7-17-8-5-13/h3,6,10-11,13,16H,4-5,7-9H2,1-2H3. The molecule has 0 bridgehead atoms. The smallest absolute Gasteiger partial charge is 0.142 e. The van der Waals surface area contributed by atoms with E-state index in [4.69, 9.17) is 9.47 Å². The van der Waals surface area contributed by atoms with Gasteiger partial charge in [0.25, 0.3) is 0 Å². The van der Waals surface area contributed by atoms with E-state index in [9.17, 15) is 0 Å². The highest BCUT2D eigenvalue weighted by atomic mass is 16.5. The fraction of sp³-hybridized carbons (Fsp3) is 0.643. The van der Waals surface area contributed by atoms with Crippen molar-refractivity contribution in [1.29, 1.82) is 0 Å². The summed E-state index contributed by atoms with van der Waals surface area (Å²) in [5.41, 5.74) is 1.17. The third kappa shape index (κ3) is 3.96. The fourth-order valence-corrected chi connectivity index (χ4v) is 1.95. The molecule has 1 N–H and O–H groups in total. The van der Waals surface area contributed by atoms with Gasteiger partial charge < -0.3 is 14.8 Å². The van der Waals surface area contributed by atoms with E-state index in [2.05, 4.69) is 24.1 Å². The van der Waals surface area contributed by atoms with Gasteiger partial charge in [0.15, 0.2) is 0 Å². The number of hydrogen-bond donors (Lipinski definition) is 1. The maximum atomic E-state index is 6.04. The Balaban J connectivity index is 1.97. The second-order valence-electron chi connectivity index (χ2n) is 4.95. The summed E-state index contributed by atoms with van der Waals surface area (Å²) in [4.78, 5) is 4.15. The van der Waals surface area contributed by atoms with Crippen molar-refractivity contribution in [2.24, 2.45) is 0 Å². The minimum absolute atomic E-state index is 0.265. The molecule has 0 unspecified atom stereocenters. The van der Waals surface area contributed by atoms with Crippen LogP contribution in [-0.4, -0.2) is 30.3 Å². The molecule has 1 aliphatic rings. The Labute approximate surface area is 109 Å². The van der Waals surface area contributed by atoms with Crippen LogP contribution in [0.3, 0.4) is 0 Å². The van der Waals surface area contributed by atoms with Crippen LogP contribution < -0.4 is 10.1 Å². The number of hydrogen-bond acceptors (Lipinski definition) is 4. The lowest BCUT2D eigenvalue weighted by Gasteiger charge is -2.24. The highest BCUT2D eigenvalue weighted by Crippen LogP contribution is 2.21. The molecular weight excluding hydrogens is 228 g/mol. The van der Waals surface area contributed by atoms with E-state index in [1.807, 2.05) is 18.5 Å². The van der Waals surface area contributed by atoms with Crippen LogP contribution in [0.25, 0.3) is 0 Å². The molecular formula is C14H22N2O2. The molecule has 0 amide bonds. The van der Waals surface area contributed by atoms with Gasteiger partial charge in [0.1, 0.15) is 11.9 Å². The third-order valence-corrected chi connectivity index (χ3v) is 3.03. The van der Waals surface area contributed by atoms with E-state index >= 15 is 0 Å². The Morgan fingerprint density at radius 2 is 2.22 bits per heavy atom. The molecule has 4 heteroatoms. The molecule has 0 radical (unpaired) electrons. The molecule has 1 aromatic heterocycles. The fourth-order valence-electron chi connectivity index (χ4n) is 1.95. The van der Waals surface area contributed by atoms with E-state index < -0.39 is 0 Å². The highest BCUT2D eigenvalue weighted by Gasteiger charge is 2.16. The number of pyridine rings is 1. The van der Waals surface area contributed by atoms with Crippen LogP contribution >= 0.6 is 0 Å². The van der Waals surface area contributed by atoms with Crippen molar-refractivity contribution >= 4 is 0 Å². The molecule has 4 nitrogen and oxygen atoms in total. The van der Waals surface area contributed by atoms with Crippen LogP contribution in [0.1, 0.15) is 32.3 Å². The maximum absolute atomic E-state index is 6.04. The lowest BCUT2D eigenvalue weighted by atomic mass is 10.1. The summed E-state index contributed by atoms with van der Waals surface area (Å²) in [6.45, 7) is 6.69. The first-order valence-electron chi connectivity index (χ1n) is 6.66. The molecule has 0 atom stereocenters. The second kappa shape index (κ2) is 6.71. The van der Waals surface area contributed by atoms with Crippen LogP contribution in [-0.2, 0) is 11.3 Å². The van der Waals surface area contributed by atoms with Crippen LogP contribution in [0.15, 0.2) is 18.5 Å². The second-order valence-corrected chi connectivity index (χ2v) is 4.95. The van der Waals surface area contributed by atoms with Gasteiger partial charge in [-0.15, -0.1) is 0 Å². The summed E-state index contributed by atoms with van der Waals surface area (Å²) in [5, 5.41) is 3.41. The molecule has 18 heavy (non-hydrogen) atoms. The first kappa shape index (κ1) is 13.3. The molecule has 1 saturated heterocycles. The number of rotatable bonds is 5. The molecule has 2 heterocycles. The summed E-state index contributed by atoms with van der Waals surface area (Å²) >= 11 is 0. The van der Waals surface area contributed by atoms with E-state index in [-0.39, 0.29) is 6.10 Å². The predicted octanol–water partition coefficient (Wildman–Crippen LogP) is 2.14. The van der Waals surface area contributed by atoms with Crippen LogP contribution in [0.4, 0.5) is 0 Å². The van der Waals surface area contributed by atoms with Crippen molar-refractivity contribution in [3.05, 3.63) is 24.0 Å². The van der Waals surface area contributed by atoms with Crippen molar-refractivity contribution in [3.8, 4) is 5.75 Å². The van der Waals surface area contributed by atoms with Crippen molar-refractivity contribution in [2.45, 2.75) is 45.4 Å². The highest BCUT2D eigenvalue weighted by molar-refractivity contribution is 5.30. The van der Waals surface area contributed by atoms with Crippen LogP contribution in [0, 0.1) is 0 Å². The topological polar surface area (TPSA) is 43.4 Å². The Bertz CT molecular complexity index is 363. The number of aromatic nitrogens is 1. The molecule has 0 aliphatic carbocycles. The van der Waals surface area contributed by atoms with Crippen molar-refractivity contribution < 1.29 is 9.47 Å². The van der Waals surface area contributed by atoms with Crippen molar-refractivity contribution in [1.82, 2.24) is 10.3 Å². The Hall–Kier alpha value is -1.13. The lowest BCUT2D eigenvalue weighted by Crippen LogP contribution is -2.27. The zero-order chi connectivity index (χ0) is 12.8. The average molecular weight is 250 g/mol. The number of nitrogens with one attached hydrogen (secondary N) is 1. The number of nitrogens with zero attached hydrogens (tertiary/aromatic N) is 1. The normalized spacial score (nSPS) is 17.1. The van der Waals surface area contributed by atoms with Gasteiger partial charge in [0, 0.05) is 37.2 Å². The molecule has 100 valence electrons. The van der Waals surface area contributed by atoms with Gasteiger partial charge >= 0.3 is 0 Å². The van der Waals surface area contributed by atoms with Gasteiger partial charge in [-0.2, -0.15) is 0 Å². The summed E-state index contributed by atoms with van der Waals surface area (Å²) < 4.78 is 11.4. The van der Waals surface area contributed by atoms with Crippen LogP contribution in [0.5, 0.6) is 5.75 Å². The molecule has 1 fully saturated rings. The Morgan fingerprint density at radius 1 is 1.44 bits per heavy atom. The monoisotopic (exact) mass is 250 g/mol. The molecule has 0 saturated carbocycles. The van der Waals surface area contributed by atoms with Gasteiger partial charge in [0.2, 0.25) is 0 Å². The van der Waals surface area contributed by atoms with E-state index in [1.54, 1.807) is 0 Å². The van der Waals surface area contributed by atoms with Crippen molar-refractivity contribution in [2.75, 3.05) is 13.2 Å². The zero-order valence-electron chi connectivity index (χ0n) is 11.2. The summed E-state index contributed by atoms with van der Waals surface area (Å²) in [6, 6.07) is 2.48. The van der Waals surface area contributed by atoms with Gasteiger partial charge in [-0.3, -0.25) is 4.98 Å². The predicted molar refractivity (Wildman–Crippen MR) is 70.7 cm³/mol. The first-order chi connectivity index (χ1) is 8.75. The Kier molecular flexibility index (Phi) is 4.96. The molecule has 1 aliphatic heterocycles. The zero-order valence-corrected chi connectivity index (χ0v) is 11.2. The lowest BCUT2D eigenvalue weighted by molar-refractivity contribution is 0.0250. The molecule has 0 aromatic carbocycles. The molecule has 1 aromatic rings. The van der Waals surface area contributed by atoms with Gasteiger partial charge in [-0.1, -0.05) is 13.8 Å². The minimum atomic E-state index is 0.265. The van der Waals surface area contributed by atoms with Crippen LogP contribution in [0.2, 0.25) is 0 Å². The number of ether oxygens (including phenoxy) is 2. The average Bonchev–Trinajstić information content (AvgIpc) is 2.39. The van der Waals surface area contributed by atoms with Crippen molar-refractivity contribution in [3.63, 3.8) is 0 Å². The first-order valence-corrected chi connectivity index (χ1v) is 6.66.